The van der Waals surface area contributed by atoms with E-state index < -0.39 is 10.0 Å². The van der Waals surface area contributed by atoms with Crippen LogP contribution in [0.4, 0.5) is 0 Å². The first-order chi connectivity index (χ1) is 9.14. The molecule has 5 nitrogen and oxygen atoms in total. The van der Waals surface area contributed by atoms with E-state index in [1.165, 1.54) is 0 Å². The Balaban J connectivity index is 2.11. The minimum atomic E-state index is -3.35. The van der Waals surface area contributed by atoms with Crippen molar-refractivity contribution in [3.05, 3.63) is 24.3 Å². The molecule has 0 saturated carbocycles. The Morgan fingerprint density at radius 3 is 2.32 bits per heavy atom. The summed E-state index contributed by atoms with van der Waals surface area (Å²) in [7, 11) is -3.35. The number of hydrogen-bond acceptors (Lipinski definition) is 4. The molecule has 2 N–H and O–H groups in total. The third-order valence-electron chi connectivity index (χ3n) is 3.16. The third kappa shape index (κ3) is 3.46. The smallest absolute Gasteiger partial charge is 0.243 e. The molecule has 1 heterocycles. The van der Waals surface area contributed by atoms with E-state index in [-0.39, 0.29) is 0 Å². The van der Waals surface area contributed by atoms with Gasteiger partial charge in [0.1, 0.15) is 12.4 Å². The highest BCUT2D eigenvalue weighted by Crippen LogP contribution is 2.22. The minimum absolute atomic E-state index is 0.328. The number of nitrogens with two attached hydrogens (primary N) is 1. The molecule has 6 heteroatoms. The molecule has 0 amide bonds. The van der Waals surface area contributed by atoms with Crippen LogP contribution in [0.2, 0.25) is 0 Å². The molecule has 0 aromatic heterocycles. The lowest BCUT2D eigenvalue weighted by molar-refractivity contribution is 0.328. The third-order valence-corrected chi connectivity index (χ3v) is 5.08. The Kier molecular flexibility index (Phi) is 4.79. The van der Waals surface area contributed by atoms with E-state index >= 15 is 0 Å². The van der Waals surface area contributed by atoms with Gasteiger partial charge >= 0.3 is 0 Å². The van der Waals surface area contributed by atoms with Gasteiger partial charge in [0.2, 0.25) is 10.0 Å². The van der Waals surface area contributed by atoms with E-state index in [9.17, 15) is 8.42 Å². The van der Waals surface area contributed by atoms with Crippen LogP contribution in [-0.4, -0.2) is 39.0 Å². The molecular formula is C13H20N2O3S. The molecule has 0 unspecified atom stereocenters. The van der Waals surface area contributed by atoms with E-state index in [1.807, 2.05) is 0 Å². The summed E-state index contributed by atoms with van der Waals surface area (Å²) in [4.78, 5) is 0.328. The molecule has 0 bridgehead atoms. The first-order valence-electron chi connectivity index (χ1n) is 6.57. The maximum Gasteiger partial charge on any atom is 0.243 e. The minimum Gasteiger partial charge on any atom is -0.492 e. The quantitative estimate of drug-likeness (QED) is 0.882. The number of hydrogen-bond donors (Lipinski definition) is 1. The van der Waals surface area contributed by atoms with Crippen LogP contribution in [0, 0.1) is 0 Å². The maximum absolute atomic E-state index is 12.4. The van der Waals surface area contributed by atoms with Gasteiger partial charge in [-0.05, 0) is 37.1 Å². The molecule has 1 aromatic carbocycles. The Morgan fingerprint density at radius 2 is 1.74 bits per heavy atom. The van der Waals surface area contributed by atoms with Crippen molar-refractivity contribution in [1.29, 1.82) is 0 Å². The monoisotopic (exact) mass is 284 g/mol. The fourth-order valence-corrected chi connectivity index (χ4v) is 3.66. The van der Waals surface area contributed by atoms with Crippen molar-refractivity contribution in [2.24, 2.45) is 5.73 Å². The Labute approximate surface area is 114 Å². The van der Waals surface area contributed by atoms with Crippen molar-refractivity contribution < 1.29 is 13.2 Å². The zero-order valence-electron chi connectivity index (χ0n) is 10.9. The predicted molar refractivity (Wildman–Crippen MR) is 73.6 cm³/mol. The summed E-state index contributed by atoms with van der Waals surface area (Å²) in [5.41, 5.74) is 5.35. The number of rotatable bonds is 5. The van der Waals surface area contributed by atoms with Crippen LogP contribution >= 0.6 is 0 Å². The topological polar surface area (TPSA) is 72.6 Å². The number of ether oxygens (including phenoxy) is 1. The zero-order chi connectivity index (χ0) is 13.7. The average Bonchev–Trinajstić information content (AvgIpc) is 2.46. The summed E-state index contributed by atoms with van der Waals surface area (Å²) in [5, 5.41) is 0. The molecule has 0 spiro atoms. The second-order valence-electron chi connectivity index (χ2n) is 4.57. The van der Waals surface area contributed by atoms with Gasteiger partial charge in [-0.1, -0.05) is 6.42 Å². The predicted octanol–water partition coefficient (Wildman–Crippen LogP) is 1.20. The van der Waals surface area contributed by atoms with Gasteiger partial charge in [-0.3, -0.25) is 0 Å². The molecule has 1 aliphatic heterocycles. The summed E-state index contributed by atoms with van der Waals surface area (Å²) < 4.78 is 31.7. The van der Waals surface area contributed by atoms with Gasteiger partial charge in [0, 0.05) is 19.6 Å². The maximum atomic E-state index is 12.4. The number of sulfonamides is 1. The van der Waals surface area contributed by atoms with Crippen LogP contribution in [-0.2, 0) is 10.0 Å². The van der Waals surface area contributed by atoms with Gasteiger partial charge in [-0.25, -0.2) is 8.42 Å². The molecule has 2 rings (SSSR count). The summed E-state index contributed by atoms with van der Waals surface area (Å²) in [6, 6.07) is 6.53. The van der Waals surface area contributed by atoms with Crippen LogP contribution in [0.25, 0.3) is 0 Å². The van der Waals surface area contributed by atoms with Crippen molar-refractivity contribution >= 4 is 10.0 Å². The fraction of sp³-hybridized carbons (Fsp3) is 0.538. The summed E-state index contributed by atoms with van der Waals surface area (Å²) in [6.07, 6.45) is 2.99. The van der Waals surface area contributed by atoms with Crippen molar-refractivity contribution in [1.82, 2.24) is 4.31 Å². The van der Waals surface area contributed by atoms with Crippen LogP contribution in [0.3, 0.4) is 0 Å². The van der Waals surface area contributed by atoms with Gasteiger partial charge in [-0.15, -0.1) is 0 Å². The molecule has 106 valence electrons. The van der Waals surface area contributed by atoms with Crippen LogP contribution < -0.4 is 10.5 Å². The summed E-state index contributed by atoms with van der Waals surface area (Å²) in [6.45, 7) is 2.10. The fourth-order valence-electron chi connectivity index (χ4n) is 2.14. The molecule has 19 heavy (non-hydrogen) atoms. The second kappa shape index (κ2) is 6.36. The van der Waals surface area contributed by atoms with Crippen LogP contribution in [0.5, 0.6) is 5.75 Å². The van der Waals surface area contributed by atoms with E-state index in [0.717, 1.165) is 19.3 Å². The van der Waals surface area contributed by atoms with Crippen LogP contribution in [0.15, 0.2) is 29.2 Å². The van der Waals surface area contributed by atoms with Crippen LogP contribution in [0.1, 0.15) is 19.3 Å². The normalized spacial score (nSPS) is 17.3. The van der Waals surface area contributed by atoms with Crippen molar-refractivity contribution in [3.63, 3.8) is 0 Å². The molecule has 1 fully saturated rings. The molecule has 1 aliphatic rings. The van der Waals surface area contributed by atoms with E-state index in [1.54, 1.807) is 28.6 Å². The summed E-state index contributed by atoms with van der Waals surface area (Å²) >= 11 is 0. The summed E-state index contributed by atoms with van der Waals surface area (Å²) in [5.74, 6) is 0.642. The van der Waals surface area contributed by atoms with Gasteiger partial charge in [0.25, 0.3) is 0 Å². The van der Waals surface area contributed by atoms with Crippen molar-refractivity contribution in [3.8, 4) is 5.75 Å². The van der Waals surface area contributed by atoms with Gasteiger partial charge in [0.05, 0.1) is 4.90 Å². The Bertz CT molecular complexity index is 493. The largest absolute Gasteiger partial charge is 0.492 e. The lowest BCUT2D eigenvalue weighted by Gasteiger charge is -2.25. The molecule has 1 saturated heterocycles. The number of nitrogens with zero attached hydrogens (tertiary/aromatic N) is 1. The molecule has 0 aliphatic carbocycles. The zero-order valence-corrected chi connectivity index (χ0v) is 11.7. The van der Waals surface area contributed by atoms with Gasteiger partial charge in [0.15, 0.2) is 0 Å². The highest BCUT2D eigenvalue weighted by molar-refractivity contribution is 7.89. The highest BCUT2D eigenvalue weighted by Gasteiger charge is 2.25. The Morgan fingerprint density at radius 1 is 1.11 bits per heavy atom. The number of benzene rings is 1. The molecule has 0 atom stereocenters. The molecule has 0 radical (unpaired) electrons. The van der Waals surface area contributed by atoms with Crippen molar-refractivity contribution in [2.75, 3.05) is 26.2 Å². The standard InChI is InChI=1S/C13H20N2O3S/c14-8-11-18-12-4-6-13(7-5-12)19(16,17)15-9-2-1-3-10-15/h4-7H,1-3,8-11,14H2. The van der Waals surface area contributed by atoms with Gasteiger partial charge < -0.3 is 10.5 Å². The lowest BCUT2D eigenvalue weighted by atomic mass is 10.2. The SMILES string of the molecule is NCCOc1ccc(S(=O)(=O)N2CCCCC2)cc1. The van der Waals surface area contributed by atoms with E-state index in [0.29, 0.717) is 36.9 Å². The average molecular weight is 284 g/mol. The van der Waals surface area contributed by atoms with Gasteiger partial charge in [-0.2, -0.15) is 4.31 Å². The number of piperidine rings is 1. The lowest BCUT2D eigenvalue weighted by Crippen LogP contribution is -2.35. The Hall–Kier alpha value is -1.11. The van der Waals surface area contributed by atoms with E-state index in [4.69, 9.17) is 10.5 Å². The second-order valence-corrected chi connectivity index (χ2v) is 6.51. The highest BCUT2D eigenvalue weighted by atomic mass is 32.2. The van der Waals surface area contributed by atoms with E-state index in [2.05, 4.69) is 0 Å². The molecular weight excluding hydrogens is 264 g/mol. The van der Waals surface area contributed by atoms with Crippen molar-refractivity contribution in [2.45, 2.75) is 24.2 Å². The molecule has 1 aromatic rings. The first kappa shape index (κ1) is 14.3. The first-order valence-corrected chi connectivity index (χ1v) is 8.01.